The van der Waals surface area contributed by atoms with Crippen LogP contribution in [0.15, 0.2) is 63.4 Å². The summed E-state index contributed by atoms with van der Waals surface area (Å²) in [5.41, 5.74) is 1.32. The second-order valence-electron chi connectivity index (χ2n) is 4.12. The molecule has 0 saturated carbocycles. The summed E-state index contributed by atoms with van der Waals surface area (Å²) < 4.78 is 5.40. The smallest absolute Gasteiger partial charge is 0.271 e. The number of aromatic nitrogens is 1. The first kappa shape index (κ1) is 13.2. The highest BCUT2D eigenvalue weighted by atomic mass is 32.1. The van der Waals surface area contributed by atoms with E-state index in [-0.39, 0.29) is 5.69 Å². The second-order valence-corrected chi connectivity index (χ2v) is 4.82. The zero-order valence-electron chi connectivity index (χ0n) is 10.7. The number of nitro benzene ring substituents is 1. The average Bonchev–Trinajstić information content (AvgIpc) is 2.97. The molecule has 3 aromatic rings. The molecule has 0 saturated heterocycles. The maximum Gasteiger partial charge on any atom is 0.271 e. The molecule has 7 heteroatoms. The maximum absolute atomic E-state index is 10.7. The van der Waals surface area contributed by atoms with Gasteiger partial charge in [0, 0.05) is 17.7 Å². The molecule has 0 fully saturated rings. The standard InChI is InChI=1S/C14H9N3O3S/c18-17(19)12-8-4-7-11(9-12)15-14-16-13(20-21-14)10-5-2-1-3-6-10/h1-9H. The molecule has 0 spiro atoms. The Bertz CT molecular complexity index is 840. The Morgan fingerprint density at radius 2 is 1.95 bits per heavy atom. The lowest BCUT2D eigenvalue weighted by atomic mass is 10.2. The zero-order valence-corrected chi connectivity index (χ0v) is 11.5. The van der Waals surface area contributed by atoms with E-state index in [4.69, 9.17) is 3.85 Å². The summed E-state index contributed by atoms with van der Waals surface area (Å²) in [6.45, 7) is 0. The fourth-order valence-corrected chi connectivity index (χ4v) is 2.27. The van der Waals surface area contributed by atoms with Gasteiger partial charge in [0.15, 0.2) is 0 Å². The van der Waals surface area contributed by atoms with Gasteiger partial charge in [-0.05, 0) is 18.2 Å². The van der Waals surface area contributed by atoms with Gasteiger partial charge in [-0.15, -0.1) is 0 Å². The van der Waals surface area contributed by atoms with Crippen molar-refractivity contribution in [2.45, 2.75) is 0 Å². The number of rotatable bonds is 3. The monoisotopic (exact) mass is 299 g/mol. The zero-order chi connectivity index (χ0) is 14.7. The molecule has 3 rings (SSSR count). The number of hydrogen-bond donors (Lipinski definition) is 0. The molecule has 0 atom stereocenters. The number of nitro groups is 1. The molecular weight excluding hydrogens is 290 g/mol. The van der Waals surface area contributed by atoms with Crippen molar-refractivity contribution in [3.8, 4) is 11.5 Å². The third-order valence-corrected chi connectivity index (χ3v) is 3.25. The van der Waals surface area contributed by atoms with Gasteiger partial charge in [-0.2, -0.15) is 4.98 Å². The molecule has 0 N–H and O–H groups in total. The van der Waals surface area contributed by atoms with Crippen molar-refractivity contribution in [2.24, 2.45) is 4.99 Å². The summed E-state index contributed by atoms with van der Waals surface area (Å²) in [4.78, 5) is 19.2. The van der Waals surface area contributed by atoms with Gasteiger partial charge in [0.05, 0.1) is 22.2 Å². The summed E-state index contributed by atoms with van der Waals surface area (Å²) in [7, 11) is 0. The Labute approximate surface area is 123 Å². The number of nitrogens with zero attached hydrogens (tertiary/aromatic N) is 3. The summed E-state index contributed by atoms with van der Waals surface area (Å²) in [6, 6.07) is 15.5. The lowest BCUT2D eigenvalue weighted by Gasteiger charge is -1.92. The van der Waals surface area contributed by atoms with Gasteiger partial charge in [-0.1, -0.05) is 24.3 Å². The van der Waals surface area contributed by atoms with Crippen molar-refractivity contribution in [3.63, 3.8) is 0 Å². The summed E-state index contributed by atoms with van der Waals surface area (Å²) in [5, 5.41) is 10.7. The van der Waals surface area contributed by atoms with E-state index in [1.54, 1.807) is 12.1 Å². The van der Waals surface area contributed by atoms with Gasteiger partial charge >= 0.3 is 0 Å². The molecule has 1 aromatic heterocycles. The maximum atomic E-state index is 10.7. The fourth-order valence-electron chi connectivity index (χ4n) is 1.72. The molecule has 1 heterocycles. The highest BCUT2D eigenvalue weighted by molar-refractivity contribution is 7.00. The van der Waals surface area contributed by atoms with Crippen molar-refractivity contribution in [2.75, 3.05) is 0 Å². The van der Waals surface area contributed by atoms with Crippen LogP contribution in [0, 0.1) is 10.1 Å². The van der Waals surface area contributed by atoms with E-state index in [9.17, 15) is 10.1 Å². The molecular formula is C14H9N3O3S. The van der Waals surface area contributed by atoms with Gasteiger partial charge in [0.1, 0.15) is 0 Å². The summed E-state index contributed by atoms with van der Waals surface area (Å²) in [6.07, 6.45) is 0. The second kappa shape index (κ2) is 5.68. The van der Waals surface area contributed by atoms with E-state index in [1.807, 2.05) is 30.3 Å². The molecule has 0 aliphatic rings. The highest BCUT2D eigenvalue weighted by Crippen LogP contribution is 2.20. The van der Waals surface area contributed by atoms with E-state index >= 15 is 0 Å². The minimum absolute atomic E-state index is 0.00646. The first-order valence-electron chi connectivity index (χ1n) is 6.04. The molecule has 0 aliphatic carbocycles. The highest BCUT2D eigenvalue weighted by Gasteiger charge is 2.06. The quantitative estimate of drug-likeness (QED) is 0.547. The molecule has 104 valence electrons. The minimum atomic E-state index is -0.458. The van der Waals surface area contributed by atoms with Gasteiger partial charge in [-0.25, -0.2) is 4.99 Å². The molecule has 0 aliphatic heterocycles. The third-order valence-electron chi connectivity index (χ3n) is 2.68. The van der Waals surface area contributed by atoms with Crippen LogP contribution in [0.2, 0.25) is 0 Å². The Hall–Kier alpha value is -2.80. The van der Waals surface area contributed by atoms with Crippen LogP contribution in [-0.2, 0) is 0 Å². The van der Waals surface area contributed by atoms with Crippen molar-refractivity contribution in [1.82, 2.24) is 4.98 Å². The SMILES string of the molecule is O=[N+]([O-])c1cccc(N=c2nc(-c3ccccc3)os2)c1. The van der Waals surface area contributed by atoms with Gasteiger partial charge < -0.3 is 3.85 Å². The lowest BCUT2D eigenvalue weighted by molar-refractivity contribution is -0.384. The van der Waals surface area contributed by atoms with Crippen LogP contribution in [0.1, 0.15) is 0 Å². The van der Waals surface area contributed by atoms with Crippen LogP contribution in [-0.4, -0.2) is 9.91 Å². The summed E-state index contributed by atoms with van der Waals surface area (Å²) in [5.74, 6) is 0.477. The van der Waals surface area contributed by atoms with E-state index < -0.39 is 4.92 Å². The molecule has 0 amide bonds. The predicted octanol–water partition coefficient (Wildman–Crippen LogP) is 3.54. The van der Waals surface area contributed by atoms with Crippen molar-refractivity contribution in [1.29, 1.82) is 0 Å². The first-order valence-corrected chi connectivity index (χ1v) is 6.78. The van der Waals surface area contributed by atoms with Crippen LogP contribution in [0.25, 0.3) is 11.5 Å². The van der Waals surface area contributed by atoms with Crippen molar-refractivity contribution in [3.05, 3.63) is 69.5 Å². The Kier molecular flexibility index (Phi) is 3.57. The van der Waals surface area contributed by atoms with Crippen LogP contribution < -0.4 is 4.80 Å². The molecule has 0 unspecified atom stereocenters. The first-order chi connectivity index (χ1) is 10.2. The Morgan fingerprint density at radius 3 is 2.71 bits per heavy atom. The van der Waals surface area contributed by atoms with Crippen LogP contribution in [0.5, 0.6) is 0 Å². The van der Waals surface area contributed by atoms with Crippen molar-refractivity contribution >= 4 is 23.0 Å². The normalized spacial score (nSPS) is 11.5. The number of non-ortho nitro benzene ring substituents is 1. The van der Waals surface area contributed by atoms with Gasteiger partial charge in [0.25, 0.3) is 5.69 Å². The third kappa shape index (κ3) is 3.03. The molecule has 6 nitrogen and oxygen atoms in total. The molecule has 0 radical (unpaired) electrons. The summed E-state index contributed by atoms with van der Waals surface area (Å²) >= 11 is 1.03. The fraction of sp³-hybridized carbons (Fsp3) is 0. The largest absolute Gasteiger partial charge is 0.377 e. The molecule has 0 bridgehead atoms. The van der Waals surface area contributed by atoms with E-state index in [2.05, 4.69) is 9.98 Å². The van der Waals surface area contributed by atoms with Gasteiger partial charge in [0.2, 0.25) is 10.7 Å². The van der Waals surface area contributed by atoms with E-state index in [1.165, 1.54) is 12.1 Å². The number of benzene rings is 2. The Balaban J connectivity index is 1.96. The Morgan fingerprint density at radius 1 is 1.14 bits per heavy atom. The van der Waals surface area contributed by atoms with E-state index in [0.29, 0.717) is 16.4 Å². The van der Waals surface area contributed by atoms with Crippen LogP contribution in [0.4, 0.5) is 11.4 Å². The lowest BCUT2D eigenvalue weighted by Crippen LogP contribution is -1.96. The minimum Gasteiger partial charge on any atom is -0.377 e. The van der Waals surface area contributed by atoms with Crippen LogP contribution in [0.3, 0.4) is 0 Å². The topological polar surface area (TPSA) is 81.5 Å². The molecule has 2 aromatic carbocycles. The van der Waals surface area contributed by atoms with Gasteiger partial charge in [-0.3, -0.25) is 10.1 Å². The average molecular weight is 299 g/mol. The molecule has 21 heavy (non-hydrogen) atoms. The van der Waals surface area contributed by atoms with Crippen molar-refractivity contribution < 1.29 is 8.77 Å². The predicted molar refractivity (Wildman–Crippen MR) is 78.1 cm³/mol. The van der Waals surface area contributed by atoms with E-state index in [0.717, 1.165) is 17.2 Å². The van der Waals surface area contributed by atoms with Crippen LogP contribution >= 0.6 is 11.6 Å². The number of hydrogen-bond acceptors (Lipinski definition) is 6.